The van der Waals surface area contributed by atoms with Crippen molar-refractivity contribution in [2.45, 2.75) is 44.2 Å². The van der Waals surface area contributed by atoms with Crippen molar-refractivity contribution in [3.05, 3.63) is 0 Å². The van der Waals surface area contributed by atoms with Gasteiger partial charge in [-0.2, -0.15) is 23.5 Å². The van der Waals surface area contributed by atoms with Gasteiger partial charge in [0.15, 0.2) is 0 Å². The molecule has 0 saturated carbocycles. The minimum absolute atomic E-state index is 0.582. The molecule has 2 saturated heterocycles. The maximum absolute atomic E-state index is 5.64. The van der Waals surface area contributed by atoms with E-state index >= 15 is 0 Å². The van der Waals surface area contributed by atoms with E-state index in [1.54, 1.807) is 0 Å². The quantitative estimate of drug-likeness (QED) is 0.752. The van der Waals surface area contributed by atoms with Crippen molar-refractivity contribution in [2.24, 2.45) is 0 Å². The molecule has 2 aliphatic heterocycles. The lowest BCUT2D eigenvalue weighted by Crippen LogP contribution is -2.33. The van der Waals surface area contributed by atoms with Gasteiger partial charge in [0.05, 0.1) is 6.10 Å². The third-order valence-corrected chi connectivity index (χ3v) is 5.94. The molecule has 0 bridgehead atoms. The van der Waals surface area contributed by atoms with Crippen LogP contribution >= 0.6 is 23.5 Å². The predicted octanol–water partition coefficient (Wildman–Crippen LogP) is 2.77. The summed E-state index contributed by atoms with van der Waals surface area (Å²) in [6, 6.07) is 0.746. The number of nitrogens with one attached hydrogen (secondary N) is 1. The zero-order valence-corrected chi connectivity index (χ0v) is 12.3. The highest BCUT2D eigenvalue weighted by Gasteiger charge is 2.15. The average Bonchev–Trinajstić information content (AvgIpc) is 2.72. The molecule has 1 unspecified atom stereocenters. The van der Waals surface area contributed by atoms with Gasteiger partial charge in [0.1, 0.15) is 0 Å². The number of rotatable bonds is 6. The van der Waals surface area contributed by atoms with E-state index in [4.69, 9.17) is 4.74 Å². The predicted molar refractivity (Wildman–Crippen MR) is 79.3 cm³/mol. The number of unbranched alkanes of at least 4 members (excludes halogenated alkanes) is 1. The Morgan fingerprint density at radius 2 is 1.94 bits per heavy atom. The van der Waals surface area contributed by atoms with E-state index in [2.05, 4.69) is 28.8 Å². The van der Waals surface area contributed by atoms with Gasteiger partial charge >= 0.3 is 0 Å². The molecule has 4 heteroatoms. The zero-order chi connectivity index (χ0) is 11.8. The summed E-state index contributed by atoms with van der Waals surface area (Å²) in [5.74, 6) is 5.28. The van der Waals surface area contributed by atoms with Crippen molar-refractivity contribution in [3.63, 3.8) is 0 Å². The van der Waals surface area contributed by atoms with Gasteiger partial charge in [-0.05, 0) is 38.6 Å². The maximum atomic E-state index is 5.64. The van der Waals surface area contributed by atoms with E-state index in [9.17, 15) is 0 Å². The lowest BCUT2D eigenvalue weighted by molar-refractivity contribution is 0.102. The monoisotopic (exact) mass is 275 g/mol. The van der Waals surface area contributed by atoms with E-state index < -0.39 is 0 Å². The van der Waals surface area contributed by atoms with Gasteiger partial charge in [0, 0.05) is 35.7 Å². The van der Waals surface area contributed by atoms with E-state index in [-0.39, 0.29) is 0 Å². The third-order valence-electron chi connectivity index (χ3n) is 3.42. The van der Waals surface area contributed by atoms with Crippen LogP contribution in [0, 0.1) is 0 Å². The van der Waals surface area contributed by atoms with Crippen LogP contribution in [0.2, 0.25) is 0 Å². The van der Waals surface area contributed by atoms with E-state index in [0.29, 0.717) is 6.10 Å². The van der Waals surface area contributed by atoms with Crippen LogP contribution in [0.5, 0.6) is 0 Å². The summed E-state index contributed by atoms with van der Waals surface area (Å²) in [7, 11) is 0. The minimum atomic E-state index is 0.582. The molecule has 100 valence electrons. The molecule has 1 atom stereocenters. The van der Waals surface area contributed by atoms with Gasteiger partial charge in [-0.25, -0.2) is 0 Å². The van der Waals surface area contributed by atoms with Gasteiger partial charge in [0.25, 0.3) is 0 Å². The van der Waals surface area contributed by atoms with Gasteiger partial charge in [-0.15, -0.1) is 0 Å². The lowest BCUT2D eigenvalue weighted by Gasteiger charge is -2.15. The summed E-state index contributed by atoms with van der Waals surface area (Å²) >= 11 is 4.21. The van der Waals surface area contributed by atoms with Gasteiger partial charge in [-0.1, -0.05) is 0 Å². The molecule has 1 N–H and O–H groups in total. The van der Waals surface area contributed by atoms with Crippen molar-refractivity contribution in [2.75, 3.05) is 36.2 Å². The number of hydrogen-bond donors (Lipinski definition) is 1. The second-order valence-corrected chi connectivity index (χ2v) is 7.23. The molecule has 17 heavy (non-hydrogen) atoms. The Balaban J connectivity index is 1.44. The Hall–Kier alpha value is 0.620. The average molecular weight is 275 g/mol. The molecule has 2 aliphatic rings. The standard InChI is InChI=1S/C13H25NOS2/c1(4-13-5-3-7-15-13)2-6-14-12-10-16-8-9-17-11-12/h12-14H,1-11H2. The molecule has 2 nitrogen and oxygen atoms in total. The van der Waals surface area contributed by atoms with Gasteiger partial charge < -0.3 is 10.1 Å². The summed E-state index contributed by atoms with van der Waals surface area (Å²) in [6.45, 7) is 2.19. The molecule has 0 aliphatic carbocycles. The number of ether oxygens (including phenoxy) is 1. The summed E-state index contributed by atoms with van der Waals surface area (Å²) in [5.41, 5.74) is 0. The first-order valence-corrected chi connectivity index (χ1v) is 9.26. The van der Waals surface area contributed by atoms with Crippen molar-refractivity contribution < 1.29 is 4.74 Å². The normalized spacial score (nSPS) is 27.2. The smallest absolute Gasteiger partial charge is 0.0576 e. The first kappa shape index (κ1) is 14.0. The van der Waals surface area contributed by atoms with Crippen LogP contribution in [0.3, 0.4) is 0 Å². The summed E-state index contributed by atoms with van der Waals surface area (Å²) in [6.07, 6.45) is 7.06. The van der Waals surface area contributed by atoms with Crippen LogP contribution in [0.15, 0.2) is 0 Å². The highest BCUT2D eigenvalue weighted by atomic mass is 32.2. The highest BCUT2D eigenvalue weighted by molar-refractivity contribution is 8.03. The second kappa shape index (κ2) is 8.68. The molecule has 2 heterocycles. The molecule has 0 aromatic carbocycles. The molecule has 2 fully saturated rings. The van der Waals surface area contributed by atoms with E-state index in [1.165, 1.54) is 61.7 Å². The van der Waals surface area contributed by atoms with Crippen molar-refractivity contribution in [3.8, 4) is 0 Å². The molecule has 2 rings (SSSR count). The molecule has 0 spiro atoms. The fourth-order valence-corrected chi connectivity index (χ4v) is 4.88. The second-order valence-electron chi connectivity index (χ2n) is 4.93. The van der Waals surface area contributed by atoms with Crippen LogP contribution in [0.25, 0.3) is 0 Å². The van der Waals surface area contributed by atoms with E-state index in [1.807, 2.05) is 0 Å². The van der Waals surface area contributed by atoms with Crippen LogP contribution in [0.4, 0.5) is 0 Å². The molecule has 0 amide bonds. The Kier molecular flexibility index (Phi) is 7.16. The highest BCUT2D eigenvalue weighted by Crippen LogP contribution is 2.18. The van der Waals surface area contributed by atoms with Crippen LogP contribution in [0.1, 0.15) is 32.1 Å². The molecular formula is C13H25NOS2. The Bertz CT molecular complexity index is 190. The minimum Gasteiger partial charge on any atom is -0.378 e. The molecule has 0 aromatic heterocycles. The summed E-state index contributed by atoms with van der Waals surface area (Å²) in [5, 5.41) is 3.70. The molecule has 0 radical (unpaired) electrons. The summed E-state index contributed by atoms with van der Waals surface area (Å²) < 4.78 is 5.64. The van der Waals surface area contributed by atoms with Gasteiger partial charge in [0.2, 0.25) is 0 Å². The Labute approximate surface area is 114 Å². The lowest BCUT2D eigenvalue weighted by atomic mass is 10.1. The first-order chi connectivity index (χ1) is 8.45. The Morgan fingerprint density at radius 1 is 1.12 bits per heavy atom. The largest absolute Gasteiger partial charge is 0.378 e. The number of hydrogen-bond acceptors (Lipinski definition) is 4. The molecular weight excluding hydrogens is 250 g/mol. The first-order valence-electron chi connectivity index (χ1n) is 6.95. The van der Waals surface area contributed by atoms with Crippen molar-refractivity contribution in [1.82, 2.24) is 5.32 Å². The number of thioether (sulfide) groups is 2. The van der Waals surface area contributed by atoms with Crippen molar-refractivity contribution in [1.29, 1.82) is 0 Å². The van der Waals surface area contributed by atoms with Crippen LogP contribution in [-0.4, -0.2) is 48.3 Å². The van der Waals surface area contributed by atoms with Crippen molar-refractivity contribution >= 4 is 23.5 Å². The zero-order valence-electron chi connectivity index (χ0n) is 10.7. The Morgan fingerprint density at radius 3 is 2.65 bits per heavy atom. The molecule has 0 aromatic rings. The van der Waals surface area contributed by atoms with Crippen LogP contribution in [-0.2, 0) is 4.74 Å². The van der Waals surface area contributed by atoms with Crippen LogP contribution < -0.4 is 5.32 Å². The summed E-state index contributed by atoms with van der Waals surface area (Å²) in [4.78, 5) is 0. The van der Waals surface area contributed by atoms with Gasteiger partial charge in [-0.3, -0.25) is 0 Å². The third kappa shape index (κ3) is 5.86. The SMILES string of the molecule is C(CCC1CCCO1)CNC1CSCCSC1. The topological polar surface area (TPSA) is 21.3 Å². The fraction of sp³-hybridized carbons (Fsp3) is 1.00. The maximum Gasteiger partial charge on any atom is 0.0576 e. The fourth-order valence-electron chi connectivity index (χ4n) is 2.41. The van der Waals surface area contributed by atoms with E-state index in [0.717, 1.165) is 12.6 Å².